The Bertz CT molecular complexity index is 1420. The van der Waals surface area contributed by atoms with E-state index in [1.165, 1.54) is 37.3 Å². The number of hydrogen-bond acceptors (Lipinski definition) is 6. The maximum atomic E-state index is 14.0. The van der Waals surface area contributed by atoms with Crippen LogP contribution in [0.1, 0.15) is 26.3 Å². The Balaban J connectivity index is 2.10. The van der Waals surface area contributed by atoms with E-state index in [4.69, 9.17) is 9.47 Å². The van der Waals surface area contributed by atoms with Gasteiger partial charge in [-0.25, -0.2) is 8.42 Å². The van der Waals surface area contributed by atoms with Gasteiger partial charge in [0, 0.05) is 23.1 Å². The number of carbonyl (C=O) groups is 2. The monoisotopic (exact) mass is 631 g/mol. The molecule has 0 aliphatic heterocycles. The molecular formula is C29H34BrN3O6S. The number of nitrogens with zero attached hydrogens (tertiary/aromatic N) is 2. The molecule has 40 heavy (non-hydrogen) atoms. The summed E-state index contributed by atoms with van der Waals surface area (Å²) in [7, 11) is -1.36. The average molecular weight is 633 g/mol. The number of halogens is 1. The zero-order valence-corrected chi connectivity index (χ0v) is 25.5. The second-order valence-electron chi connectivity index (χ2n) is 9.35. The Labute approximate surface area is 244 Å². The van der Waals surface area contributed by atoms with Crippen molar-refractivity contribution in [1.82, 2.24) is 10.2 Å². The van der Waals surface area contributed by atoms with Gasteiger partial charge in [0.1, 0.15) is 24.1 Å². The number of anilines is 1. The van der Waals surface area contributed by atoms with Crippen LogP contribution in [-0.2, 0) is 26.2 Å². The molecule has 0 radical (unpaired) electrons. The van der Waals surface area contributed by atoms with Crippen molar-refractivity contribution in [3.8, 4) is 11.5 Å². The van der Waals surface area contributed by atoms with E-state index < -0.39 is 28.5 Å². The molecule has 0 saturated carbocycles. The van der Waals surface area contributed by atoms with Crippen molar-refractivity contribution in [2.75, 3.05) is 25.1 Å². The quantitative estimate of drug-likeness (QED) is 0.313. The lowest BCUT2D eigenvalue weighted by molar-refractivity contribution is -0.139. The second-order valence-corrected chi connectivity index (χ2v) is 12.1. The molecule has 1 unspecified atom stereocenters. The van der Waals surface area contributed by atoms with Gasteiger partial charge >= 0.3 is 0 Å². The van der Waals surface area contributed by atoms with Crippen molar-refractivity contribution in [1.29, 1.82) is 0 Å². The predicted molar refractivity (Wildman–Crippen MR) is 158 cm³/mol. The molecule has 3 aromatic carbocycles. The summed E-state index contributed by atoms with van der Waals surface area (Å²) in [6.07, 6.45) is 0. The molecule has 214 valence electrons. The van der Waals surface area contributed by atoms with Gasteiger partial charge in [0.15, 0.2) is 0 Å². The Morgan fingerprint density at radius 2 is 1.57 bits per heavy atom. The van der Waals surface area contributed by atoms with Gasteiger partial charge in [-0.15, -0.1) is 0 Å². The maximum Gasteiger partial charge on any atom is 0.264 e. The van der Waals surface area contributed by atoms with E-state index in [0.29, 0.717) is 5.75 Å². The summed E-state index contributed by atoms with van der Waals surface area (Å²) in [4.78, 5) is 28.4. The lowest BCUT2D eigenvalue weighted by Crippen LogP contribution is -2.52. The van der Waals surface area contributed by atoms with E-state index in [1.54, 1.807) is 37.3 Å². The van der Waals surface area contributed by atoms with Gasteiger partial charge in [-0.1, -0.05) is 46.3 Å². The van der Waals surface area contributed by atoms with Gasteiger partial charge < -0.3 is 19.7 Å². The smallest absolute Gasteiger partial charge is 0.264 e. The summed E-state index contributed by atoms with van der Waals surface area (Å²) in [5.41, 5.74) is 0.902. The van der Waals surface area contributed by atoms with Crippen molar-refractivity contribution >= 4 is 43.5 Å². The summed E-state index contributed by atoms with van der Waals surface area (Å²) in [6, 6.07) is 18.9. The summed E-state index contributed by atoms with van der Waals surface area (Å²) >= 11 is 3.41. The molecule has 0 heterocycles. The van der Waals surface area contributed by atoms with Gasteiger partial charge in [-0.3, -0.25) is 13.9 Å². The van der Waals surface area contributed by atoms with Crippen molar-refractivity contribution < 1.29 is 27.5 Å². The van der Waals surface area contributed by atoms with Gasteiger partial charge in [0.05, 0.1) is 24.8 Å². The molecule has 0 bridgehead atoms. The molecule has 2 amide bonds. The number of nitrogens with one attached hydrogen (secondary N) is 1. The number of benzene rings is 3. The van der Waals surface area contributed by atoms with Crippen LogP contribution in [0.25, 0.3) is 0 Å². The number of methoxy groups -OCH3 is 2. The summed E-state index contributed by atoms with van der Waals surface area (Å²) in [5.74, 6) is -0.304. The molecule has 3 rings (SSSR count). The lowest BCUT2D eigenvalue weighted by Gasteiger charge is -2.32. The van der Waals surface area contributed by atoms with E-state index in [2.05, 4.69) is 21.2 Å². The van der Waals surface area contributed by atoms with Crippen molar-refractivity contribution in [2.24, 2.45) is 0 Å². The van der Waals surface area contributed by atoms with E-state index >= 15 is 0 Å². The molecule has 9 nitrogen and oxygen atoms in total. The highest BCUT2D eigenvalue weighted by Gasteiger charge is 2.34. The van der Waals surface area contributed by atoms with Crippen LogP contribution < -0.4 is 19.1 Å². The highest BCUT2D eigenvalue weighted by Crippen LogP contribution is 2.36. The molecule has 11 heteroatoms. The van der Waals surface area contributed by atoms with E-state index in [-0.39, 0.29) is 34.8 Å². The maximum absolute atomic E-state index is 14.0. The lowest BCUT2D eigenvalue weighted by atomic mass is 10.1. The van der Waals surface area contributed by atoms with Crippen LogP contribution in [-0.4, -0.2) is 58.0 Å². The largest absolute Gasteiger partial charge is 0.497 e. The van der Waals surface area contributed by atoms with Crippen molar-refractivity contribution in [3.05, 3.63) is 82.8 Å². The fourth-order valence-electron chi connectivity index (χ4n) is 4.00. The molecule has 0 fully saturated rings. The topological polar surface area (TPSA) is 105 Å². The van der Waals surface area contributed by atoms with Gasteiger partial charge in [-0.05, 0) is 62.7 Å². The van der Waals surface area contributed by atoms with Crippen LogP contribution in [0.4, 0.5) is 5.69 Å². The van der Waals surface area contributed by atoms with Gasteiger partial charge in [0.2, 0.25) is 11.8 Å². The standard InChI is InChI=1S/C29H34BrN3O6S/c1-20(2)31-29(35)21(3)32(18-22-11-13-23(30)14-12-22)28(34)19-33(40(36,37)25-9-7-6-8-10-25)26-17-24(38-4)15-16-27(26)39-5/h6-17,20-21H,18-19H2,1-5H3,(H,31,35). The zero-order chi connectivity index (χ0) is 29.4. The Hall–Kier alpha value is -3.57. The molecule has 1 N–H and O–H groups in total. The highest BCUT2D eigenvalue weighted by molar-refractivity contribution is 9.10. The minimum absolute atomic E-state index is 0.00210. The van der Waals surface area contributed by atoms with Gasteiger partial charge in [0.25, 0.3) is 10.0 Å². The van der Waals surface area contributed by atoms with Crippen LogP contribution >= 0.6 is 15.9 Å². The van der Waals surface area contributed by atoms with Crippen LogP contribution in [0.2, 0.25) is 0 Å². The number of hydrogen-bond donors (Lipinski definition) is 1. The molecule has 0 saturated heterocycles. The fourth-order valence-corrected chi connectivity index (χ4v) is 5.70. The fraction of sp³-hybridized carbons (Fsp3) is 0.310. The van der Waals surface area contributed by atoms with Crippen LogP contribution in [0.15, 0.2) is 82.2 Å². The number of sulfonamides is 1. The Morgan fingerprint density at radius 3 is 2.15 bits per heavy atom. The summed E-state index contributed by atoms with van der Waals surface area (Å²) in [5, 5.41) is 2.84. The predicted octanol–water partition coefficient (Wildman–Crippen LogP) is 4.60. The van der Waals surface area contributed by atoms with Crippen LogP contribution in [0.5, 0.6) is 11.5 Å². The van der Waals surface area contributed by atoms with Crippen molar-refractivity contribution in [3.63, 3.8) is 0 Å². The number of rotatable bonds is 12. The minimum Gasteiger partial charge on any atom is -0.497 e. The summed E-state index contributed by atoms with van der Waals surface area (Å²) < 4.78 is 40.6. The van der Waals surface area contributed by atoms with Crippen molar-refractivity contribution in [2.45, 2.75) is 44.3 Å². The van der Waals surface area contributed by atoms with Gasteiger partial charge in [-0.2, -0.15) is 0 Å². The third-order valence-corrected chi connectivity index (χ3v) is 8.43. The first-order valence-corrected chi connectivity index (χ1v) is 14.8. The zero-order valence-electron chi connectivity index (χ0n) is 23.1. The normalized spacial score (nSPS) is 12.0. The first kappa shape index (κ1) is 31.0. The number of carbonyl (C=O) groups excluding carboxylic acids is 2. The van der Waals surface area contributed by atoms with E-state index in [9.17, 15) is 18.0 Å². The second kappa shape index (κ2) is 13.7. The molecule has 1 atom stereocenters. The third-order valence-electron chi connectivity index (χ3n) is 6.13. The van der Waals surface area contributed by atoms with Crippen LogP contribution in [0.3, 0.4) is 0 Å². The molecule has 0 spiro atoms. The van der Waals surface area contributed by atoms with Crippen LogP contribution in [0, 0.1) is 0 Å². The third kappa shape index (κ3) is 7.54. The number of amides is 2. The molecule has 0 aliphatic rings. The summed E-state index contributed by atoms with van der Waals surface area (Å²) in [6.45, 7) is 4.78. The first-order valence-electron chi connectivity index (χ1n) is 12.6. The first-order chi connectivity index (χ1) is 19.0. The highest BCUT2D eigenvalue weighted by atomic mass is 79.9. The number of ether oxygens (including phenoxy) is 2. The molecule has 3 aromatic rings. The van der Waals surface area contributed by atoms with E-state index in [0.717, 1.165) is 14.3 Å². The average Bonchev–Trinajstić information content (AvgIpc) is 2.94. The van der Waals surface area contributed by atoms with E-state index in [1.807, 2.05) is 38.1 Å². The Kier molecular flexibility index (Phi) is 10.6. The SMILES string of the molecule is COc1ccc(OC)c(N(CC(=O)N(Cc2ccc(Br)cc2)C(C)C(=O)NC(C)C)S(=O)(=O)c2ccccc2)c1. The Morgan fingerprint density at radius 1 is 0.925 bits per heavy atom. The minimum atomic E-state index is -4.24. The molecule has 0 aromatic heterocycles. The molecule has 0 aliphatic carbocycles. The molecular weight excluding hydrogens is 598 g/mol.